The molecule has 0 aliphatic heterocycles. The molecule has 0 amide bonds. The first-order chi connectivity index (χ1) is 9.58. The molecule has 1 aromatic rings. The molecule has 2 unspecified atom stereocenters. The average Bonchev–Trinajstić information content (AvgIpc) is 2.46. The van der Waals surface area contributed by atoms with Crippen molar-refractivity contribution in [2.45, 2.75) is 25.0 Å². The number of nitrogens with zero attached hydrogens (tertiary/aromatic N) is 3. The molecule has 2 N–H and O–H groups in total. The summed E-state index contributed by atoms with van der Waals surface area (Å²) in [7, 11) is 1.31. The van der Waals surface area contributed by atoms with Crippen LogP contribution in [0.2, 0.25) is 0 Å². The lowest BCUT2D eigenvalue weighted by Crippen LogP contribution is -2.19. The zero-order chi connectivity index (χ0) is 15.0. The van der Waals surface area contributed by atoms with Gasteiger partial charge in [-0.15, -0.1) is 0 Å². The van der Waals surface area contributed by atoms with Gasteiger partial charge >= 0.3 is 5.97 Å². The van der Waals surface area contributed by atoms with Crippen molar-refractivity contribution in [3.8, 4) is 0 Å². The van der Waals surface area contributed by atoms with Crippen LogP contribution in [0.1, 0.15) is 23.7 Å². The molecule has 0 heterocycles. The van der Waals surface area contributed by atoms with Crippen LogP contribution in [0.25, 0.3) is 10.4 Å². The minimum absolute atomic E-state index is 0.103. The number of azide groups is 1. The van der Waals surface area contributed by atoms with Crippen molar-refractivity contribution in [2.24, 2.45) is 5.11 Å². The third-order valence-corrected chi connectivity index (χ3v) is 2.82. The maximum Gasteiger partial charge on any atom is 0.309 e. The Kier molecular flexibility index (Phi) is 6.52. The van der Waals surface area contributed by atoms with Gasteiger partial charge < -0.3 is 14.9 Å². The van der Waals surface area contributed by atoms with Gasteiger partial charge in [0.25, 0.3) is 0 Å². The molecule has 1 aromatic carbocycles. The van der Waals surface area contributed by atoms with Crippen molar-refractivity contribution in [2.75, 3.05) is 13.7 Å². The fraction of sp³-hybridized carbons (Fsp3) is 0.462. The molecule has 0 radical (unpaired) electrons. The standard InChI is InChI=1S/C13H17N3O4/c1-20-12(18)8-9-3-2-4-10(7-9)13(19)11(17)5-6-15-16-14/h2-4,7,11,13,17,19H,5-6,8H2,1H3. The van der Waals surface area contributed by atoms with E-state index >= 15 is 0 Å². The molecule has 20 heavy (non-hydrogen) atoms. The van der Waals surface area contributed by atoms with Crippen LogP contribution in [0.3, 0.4) is 0 Å². The van der Waals surface area contributed by atoms with E-state index in [1.165, 1.54) is 7.11 Å². The van der Waals surface area contributed by atoms with Crippen molar-refractivity contribution in [3.05, 3.63) is 45.8 Å². The van der Waals surface area contributed by atoms with Crippen LogP contribution in [0.15, 0.2) is 29.4 Å². The van der Waals surface area contributed by atoms with Gasteiger partial charge in [-0.05, 0) is 23.1 Å². The Balaban J connectivity index is 2.72. The van der Waals surface area contributed by atoms with Gasteiger partial charge in [0.05, 0.1) is 19.6 Å². The largest absolute Gasteiger partial charge is 0.469 e. The molecule has 0 saturated heterocycles. The summed E-state index contributed by atoms with van der Waals surface area (Å²) in [4.78, 5) is 13.8. The molecule has 2 atom stereocenters. The smallest absolute Gasteiger partial charge is 0.309 e. The van der Waals surface area contributed by atoms with Gasteiger partial charge in [-0.3, -0.25) is 4.79 Å². The first kappa shape index (κ1) is 16.0. The number of ether oxygens (including phenoxy) is 1. The maximum atomic E-state index is 11.2. The average molecular weight is 279 g/mol. The minimum atomic E-state index is -1.10. The van der Waals surface area contributed by atoms with Crippen molar-refractivity contribution >= 4 is 5.97 Å². The topological polar surface area (TPSA) is 116 Å². The van der Waals surface area contributed by atoms with Gasteiger partial charge in [0.1, 0.15) is 6.10 Å². The summed E-state index contributed by atoms with van der Waals surface area (Å²) in [6.45, 7) is 0.108. The Bertz CT molecular complexity index is 500. The van der Waals surface area contributed by atoms with Crippen LogP contribution < -0.4 is 0 Å². The molecular weight excluding hydrogens is 262 g/mol. The molecule has 108 valence electrons. The normalized spacial score (nSPS) is 13.2. The van der Waals surface area contributed by atoms with E-state index in [1.807, 2.05) is 0 Å². The van der Waals surface area contributed by atoms with Gasteiger partial charge in [-0.1, -0.05) is 29.4 Å². The highest BCUT2D eigenvalue weighted by molar-refractivity contribution is 5.72. The summed E-state index contributed by atoms with van der Waals surface area (Å²) in [6, 6.07) is 6.72. The second kappa shape index (κ2) is 8.16. The number of rotatable bonds is 7. The first-order valence-corrected chi connectivity index (χ1v) is 6.11. The third kappa shape index (κ3) is 4.89. The Morgan fingerprint density at radius 1 is 1.50 bits per heavy atom. The fourth-order valence-electron chi connectivity index (χ4n) is 1.74. The third-order valence-electron chi connectivity index (χ3n) is 2.82. The summed E-state index contributed by atoms with van der Waals surface area (Å²) < 4.78 is 4.57. The molecule has 1 rings (SSSR count). The van der Waals surface area contributed by atoms with Gasteiger partial charge in [0.15, 0.2) is 0 Å². The molecule has 0 fully saturated rings. The molecule has 0 aromatic heterocycles. The molecule has 0 bridgehead atoms. The van der Waals surface area contributed by atoms with E-state index in [2.05, 4.69) is 14.8 Å². The van der Waals surface area contributed by atoms with E-state index in [-0.39, 0.29) is 25.4 Å². The predicted molar refractivity (Wildman–Crippen MR) is 71.8 cm³/mol. The number of benzene rings is 1. The number of aliphatic hydroxyl groups is 2. The number of carbonyl (C=O) groups excluding carboxylic acids is 1. The molecule has 0 spiro atoms. The monoisotopic (exact) mass is 279 g/mol. The molecule has 0 aliphatic carbocycles. The summed E-state index contributed by atoms with van der Waals surface area (Å²) in [5.41, 5.74) is 9.34. The highest BCUT2D eigenvalue weighted by atomic mass is 16.5. The van der Waals surface area contributed by atoms with Crippen LogP contribution in [-0.2, 0) is 16.0 Å². The number of hydrogen-bond acceptors (Lipinski definition) is 5. The van der Waals surface area contributed by atoms with Crippen LogP contribution >= 0.6 is 0 Å². The summed E-state index contributed by atoms with van der Waals surface area (Å²) in [5, 5.41) is 23.1. The van der Waals surface area contributed by atoms with Crippen LogP contribution in [0.5, 0.6) is 0 Å². The van der Waals surface area contributed by atoms with Crippen molar-refractivity contribution < 1.29 is 19.7 Å². The summed E-state index contributed by atoms with van der Waals surface area (Å²) >= 11 is 0. The minimum Gasteiger partial charge on any atom is -0.469 e. The second-order valence-corrected chi connectivity index (χ2v) is 4.25. The molecule has 7 heteroatoms. The molecule has 0 saturated carbocycles. The second-order valence-electron chi connectivity index (χ2n) is 4.25. The van der Waals surface area contributed by atoms with Crippen molar-refractivity contribution in [3.63, 3.8) is 0 Å². The Hall–Kier alpha value is -2.08. The van der Waals surface area contributed by atoms with Gasteiger partial charge in [-0.25, -0.2) is 0 Å². The van der Waals surface area contributed by atoms with E-state index in [9.17, 15) is 15.0 Å². The van der Waals surface area contributed by atoms with Crippen LogP contribution in [0, 0.1) is 0 Å². The lowest BCUT2D eigenvalue weighted by Gasteiger charge is -2.18. The van der Waals surface area contributed by atoms with Crippen molar-refractivity contribution in [1.82, 2.24) is 0 Å². The molecular formula is C13H17N3O4. The van der Waals surface area contributed by atoms with Crippen molar-refractivity contribution in [1.29, 1.82) is 0 Å². The van der Waals surface area contributed by atoms with E-state index < -0.39 is 12.2 Å². The SMILES string of the molecule is COC(=O)Cc1cccc(C(O)C(O)CCN=[N+]=[N-])c1. The number of hydrogen-bond donors (Lipinski definition) is 2. The molecule has 0 aliphatic rings. The van der Waals surface area contributed by atoms with Gasteiger partial charge in [0.2, 0.25) is 0 Å². The summed E-state index contributed by atoms with van der Waals surface area (Å²) in [6.07, 6.45) is -1.87. The number of esters is 1. The first-order valence-electron chi connectivity index (χ1n) is 6.11. The van der Waals surface area contributed by atoms with E-state index in [0.717, 1.165) is 0 Å². The number of aliphatic hydroxyl groups excluding tert-OH is 2. The Morgan fingerprint density at radius 2 is 2.25 bits per heavy atom. The number of carbonyl (C=O) groups is 1. The van der Waals surface area contributed by atoms with E-state index in [1.54, 1.807) is 24.3 Å². The predicted octanol–water partition coefficient (Wildman–Crippen LogP) is 1.50. The molecule has 7 nitrogen and oxygen atoms in total. The van der Waals surface area contributed by atoms with Crippen LogP contribution in [0.4, 0.5) is 0 Å². The Labute approximate surface area is 116 Å². The lowest BCUT2D eigenvalue weighted by atomic mass is 9.99. The van der Waals surface area contributed by atoms with E-state index in [4.69, 9.17) is 5.53 Å². The fourth-order valence-corrected chi connectivity index (χ4v) is 1.74. The highest BCUT2D eigenvalue weighted by Crippen LogP contribution is 2.20. The van der Waals surface area contributed by atoms with Gasteiger partial charge in [-0.2, -0.15) is 0 Å². The zero-order valence-corrected chi connectivity index (χ0v) is 11.1. The van der Waals surface area contributed by atoms with Crippen LogP contribution in [-0.4, -0.2) is 35.9 Å². The zero-order valence-electron chi connectivity index (χ0n) is 11.1. The highest BCUT2D eigenvalue weighted by Gasteiger charge is 2.18. The Morgan fingerprint density at radius 3 is 2.90 bits per heavy atom. The maximum absolute atomic E-state index is 11.2. The lowest BCUT2D eigenvalue weighted by molar-refractivity contribution is -0.139. The quantitative estimate of drug-likeness (QED) is 0.340. The van der Waals surface area contributed by atoms with Gasteiger partial charge in [0, 0.05) is 11.5 Å². The number of methoxy groups -OCH3 is 1. The summed E-state index contributed by atoms with van der Waals surface area (Å²) in [5.74, 6) is -0.374. The van der Waals surface area contributed by atoms with E-state index in [0.29, 0.717) is 11.1 Å².